The van der Waals surface area contributed by atoms with Crippen LogP contribution in [-0.4, -0.2) is 30.5 Å². The Bertz CT molecular complexity index is 1210. The number of carbonyl (C=O) groups is 3. The molecular weight excluding hydrogens is 463 g/mol. The minimum atomic E-state index is -0.933. The molecule has 3 amide bonds. The van der Waals surface area contributed by atoms with Crippen LogP contribution in [0.15, 0.2) is 71.8 Å². The molecule has 0 saturated heterocycles. The van der Waals surface area contributed by atoms with Crippen LogP contribution in [0.1, 0.15) is 11.1 Å². The third kappa shape index (κ3) is 7.42. The first-order valence-electron chi connectivity index (χ1n) is 9.99. The topological polar surface area (TPSA) is 109 Å². The Morgan fingerprint density at radius 3 is 2.35 bits per heavy atom. The number of hydrogen-bond donors (Lipinski definition) is 3. The number of nitrogens with zero attached hydrogens (tertiary/aromatic N) is 1. The summed E-state index contributed by atoms with van der Waals surface area (Å²) in [7, 11) is 0. The number of hydrazone groups is 1. The summed E-state index contributed by atoms with van der Waals surface area (Å²) in [6.07, 6.45) is 1.35. The largest absolute Gasteiger partial charge is 0.484 e. The molecule has 0 fully saturated rings. The normalized spacial score (nSPS) is 10.6. The van der Waals surface area contributed by atoms with Crippen LogP contribution in [0.4, 0.5) is 15.8 Å². The van der Waals surface area contributed by atoms with Crippen LogP contribution in [0.2, 0.25) is 5.02 Å². The Kier molecular flexibility index (Phi) is 8.31. The van der Waals surface area contributed by atoms with Crippen molar-refractivity contribution in [3.63, 3.8) is 0 Å². The number of amides is 3. The molecule has 0 unspecified atom stereocenters. The standard InChI is InChI=1S/C24H20ClFN4O4/c1-15-12-17(25)4-11-21(15)29-23(32)24(33)30-27-13-16-2-9-20(10-3-16)34-14-22(31)28-19-7-5-18(26)6-8-19/h2-13H,14H2,1H3,(H,28,31)(H,29,32)(H,30,33)/b27-13-. The summed E-state index contributed by atoms with van der Waals surface area (Å²) in [5.74, 6) is -2.16. The maximum Gasteiger partial charge on any atom is 0.329 e. The van der Waals surface area contributed by atoms with Gasteiger partial charge in [0.1, 0.15) is 11.6 Å². The van der Waals surface area contributed by atoms with Gasteiger partial charge in [0.25, 0.3) is 5.91 Å². The number of hydrogen-bond acceptors (Lipinski definition) is 5. The van der Waals surface area contributed by atoms with Crippen LogP contribution >= 0.6 is 11.6 Å². The van der Waals surface area contributed by atoms with Crippen molar-refractivity contribution in [2.24, 2.45) is 5.10 Å². The molecule has 174 valence electrons. The number of ether oxygens (including phenoxy) is 1. The van der Waals surface area contributed by atoms with Gasteiger partial charge in [-0.1, -0.05) is 11.6 Å². The molecule has 0 aliphatic carbocycles. The number of anilines is 2. The fourth-order valence-corrected chi connectivity index (χ4v) is 2.92. The molecule has 0 aliphatic rings. The zero-order valence-electron chi connectivity index (χ0n) is 18.0. The summed E-state index contributed by atoms with van der Waals surface area (Å²) in [4.78, 5) is 35.8. The van der Waals surface area contributed by atoms with E-state index in [1.165, 1.54) is 30.5 Å². The van der Waals surface area contributed by atoms with Crippen LogP contribution in [0.3, 0.4) is 0 Å². The summed E-state index contributed by atoms with van der Waals surface area (Å²) in [6.45, 7) is 1.52. The molecule has 3 rings (SSSR count). The van der Waals surface area contributed by atoms with Gasteiger partial charge in [-0.2, -0.15) is 5.10 Å². The number of carbonyl (C=O) groups excluding carboxylic acids is 3. The van der Waals surface area contributed by atoms with Gasteiger partial charge in [-0.3, -0.25) is 14.4 Å². The number of benzene rings is 3. The first-order valence-corrected chi connectivity index (χ1v) is 10.4. The van der Waals surface area contributed by atoms with E-state index in [0.29, 0.717) is 33.3 Å². The second kappa shape index (κ2) is 11.6. The van der Waals surface area contributed by atoms with Crippen molar-refractivity contribution in [1.82, 2.24) is 5.43 Å². The maximum absolute atomic E-state index is 12.9. The van der Waals surface area contributed by atoms with E-state index in [0.717, 1.165) is 0 Å². The van der Waals surface area contributed by atoms with Gasteiger partial charge in [-0.25, -0.2) is 9.82 Å². The molecule has 3 aromatic rings. The molecule has 10 heteroatoms. The lowest BCUT2D eigenvalue weighted by Crippen LogP contribution is -2.32. The lowest BCUT2D eigenvalue weighted by Gasteiger charge is -2.08. The number of nitrogens with one attached hydrogen (secondary N) is 3. The van der Waals surface area contributed by atoms with E-state index < -0.39 is 23.5 Å². The zero-order chi connectivity index (χ0) is 24.5. The molecule has 0 radical (unpaired) electrons. The van der Waals surface area contributed by atoms with Crippen molar-refractivity contribution < 1.29 is 23.5 Å². The average Bonchev–Trinajstić information content (AvgIpc) is 2.81. The van der Waals surface area contributed by atoms with Gasteiger partial charge in [0.15, 0.2) is 6.61 Å². The molecule has 34 heavy (non-hydrogen) atoms. The highest BCUT2D eigenvalue weighted by molar-refractivity contribution is 6.39. The number of halogens is 2. The molecule has 8 nitrogen and oxygen atoms in total. The Labute approximate surface area is 199 Å². The molecule has 0 aromatic heterocycles. The van der Waals surface area contributed by atoms with Gasteiger partial charge in [0.05, 0.1) is 6.21 Å². The molecule has 3 aromatic carbocycles. The summed E-state index contributed by atoms with van der Waals surface area (Å²) in [5, 5.41) is 9.36. The van der Waals surface area contributed by atoms with E-state index in [1.54, 1.807) is 49.4 Å². The van der Waals surface area contributed by atoms with Crippen molar-refractivity contribution in [3.05, 3.63) is 88.7 Å². The highest BCUT2D eigenvalue weighted by atomic mass is 35.5. The monoisotopic (exact) mass is 482 g/mol. The average molecular weight is 483 g/mol. The van der Waals surface area contributed by atoms with E-state index in [-0.39, 0.29) is 6.61 Å². The first kappa shape index (κ1) is 24.4. The number of rotatable bonds is 7. The fraction of sp³-hybridized carbons (Fsp3) is 0.0833. The van der Waals surface area contributed by atoms with E-state index in [9.17, 15) is 18.8 Å². The van der Waals surface area contributed by atoms with Crippen LogP contribution in [0.5, 0.6) is 5.75 Å². The van der Waals surface area contributed by atoms with Crippen LogP contribution in [0.25, 0.3) is 0 Å². The van der Waals surface area contributed by atoms with Crippen LogP contribution in [-0.2, 0) is 14.4 Å². The minimum Gasteiger partial charge on any atom is -0.484 e. The van der Waals surface area contributed by atoms with E-state index in [1.807, 2.05) is 0 Å². The first-order chi connectivity index (χ1) is 16.3. The second-order valence-corrected chi connectivity index (χ2v) is 7.46. The Morgan fingerprint density at radius 1 is 0.971 bits per heavy atom. The predicted molar refractivity (Wildman–Crippen MR) is 128 cm³/mol. The lowest BCUT2D eigenvalue weighted by molar-refractivity contribution is -0.136. The summed E-state index contributed by atoms with van der Waals surface area (Å²) >= 11 is 5.87. The lowest BCUT2D eigenvalue weighted by atomic mass is 10.2. The molecule has 3 N–H and O–H groups in total. The molecule has 0 bridgehead atoms. The quantitative estimate of drug-likeness (QED) is 0.269. The Morgan fingerprint density at radius 2 is 1.68 bits per heavy atom. The van der Waals surface area contributed by atoms with E-state index in [2.05, 4.69) is 21.2 Å². The van der Waals surface area contributed by atoms with Gasteiger partial charge in [-0.15, -0.1) is 0 Å². The highest BCUT2D eigenvalue weighted by Gasteiger charge is 2.14. The fourth-order valence-electron chi connectivity index (χ4n) is 2.69. The number of aryl methyl sites for hydroxylation is 1. The summed E-state index contributed by atoms with van der Waals surface area (Å²) < 4.78 is 18.3. The molecule has 0 atom stereocenters. The molecule has 0 heterocycles. The summed E-state index contributed by atoms with van der Waals surface area (Å²) in [6, 6.07) is 16.8. The van der Waals surface area contributed by atoms with E-state index in [4.69, 9.17) is 16.3 Å². The van der Waals surface area contributed by atoms with Gasteiger partial charge in [0.2, 0.25) is 0 Å². The molecular formula is C24H20ClFN4O4. The van der Waals surface area contributed by atoms with Gasteiger partial charge in [0, 0.05) is 16.4 Å². The minimum absolute atomic E-state index is 0.233. The zero-order valence-corrected chi connectivity index (χ0v) is 18.7. The second-order valence-electron chi connectivity index (χ2n) is 7.03. The van der Waals surface area contributed by atoms with Crippen LogP contribution < -0.4 is 20.8 Å². The third-order valence-corrected chi connectivity index (χ3v) is 4.64. The SMILES string of the molecule is Cc1cc(Cl)ccc1NC(=O)C(=O)N/N=C\c1ccc(OCC(=O)Nc2ccc(F)cc2)cc1. The van der Waals surface area contributed by atoms with E-state index >= 15 is 0 Å². The van der Waals surface area contributed by atoms with Crippen LogP contribution in [0, 0.1) is 12.7 Å². The smallest absolute Gasteiger partial charge is 0.329 e. The van der Waals surface area contributed by atoms with Gasteiger partial charge >= 0.3 is 11.8 Å². The van der Waals surface area contributed by atoms with Crippen molar-refractivity contribution in [3.8, 4) is 5.75 Å². The van der Waals surface area contributed by atoms with Crippen molar-refractivity contribution in [1.29, 1.82) is 0 Å². The Hall–Kier alpha value is -4.24. The molecule has 0 aliphatic heterocycles. The van der Waals surface area contributed by atoms with Crippen molar-refractivity contribution in [2.75, 3.05) is 17.2 Å². The van der Waals surface area contributed by atoms with Gasteiger partial charge in [-0.05, 0) is 84.8 Å². The highest BCUT2D eigenvalue weighted by Crippen LogP contribution is 2.19. The Balaban J connectivity index is 1.43. The van der Waals surface area contributed by atoms with Crippen molar-refractivity contribution in [2.45, 2.75) is 6.92 Å². The molecule has 0 spiro atoms. The third-order valence-electron chi connectivity index (χ3n) is 4.40. The maximum atomic E-state index is 12.9. The summed E-state index contributed by atoms with van der Waals surface area (Å²) in [5.41, 5.74) is 4.41. The van der Waals surface area contributed by atoms with Crippen molar-refractivity contribution >= 4 is 46.9 Å². The molecule has 0 saturated carbocycles. The van der Waals surface area contributed by atoms with Gasteiger partial charge < -0.3 is 15.4 Å². The predicted octanol–water partition coefficient (Wildman–Crippen LogP) is 3.89.